The number of benzene rings is 2. The number of ether oxygens (including phenoxy) is 2. The Bertz CT molecular complexity index is 1740. The number of likely N-dealkylation sites (N-methyl/N-ethyl adjacent to an activating group) is 1. The van der Waals surface area contributed by atoms with Crippen molar-refractivity contribution in [1.82, 2.24) is 19.9 Å². The quantitative estimate of drug-likeness (QED) is 0.174. The SMILES string of the molecule is COc1cc(OC)c(Cl)c(N2Cc3cnc(Nc4ccccn4)nc3N(Cc3cccc(CC(=O)/C=C/CN(C)C)c3)C2=O)c1Cl. The van der Waals surface area contributed by atoms with Gasteiger partial charge in [0, 0.05) is 37.0 Å². The average molecular weight is 663 g/mol. The van der Waals surface area contributed by atoms with E-state index in [1.54, 1.807) is 36.7 Å². The standard InChI is InChI=1S/C33H33Cl2N7O4/c1-40(2)14-8-11-24(43)16-21-9-7-10-22(15-21)19-42-31-23(18-37-32(39-31)38-27-12-5-6-13-36-27)20-41(33(42)44)30-28(34)25(45-3)17-26(46-4)29(30)35/h5-13,15,17-18H,14,16,19-20H2,1-4H3,(H,36,37,38,39)/b11-8+. The Kier molecular flexibility index (Phi) is 10.4. The van der Waals surface area contributed by atoms with E-state index >= 15 is 0 Å². The van der Waals surface area contributed by atoms with E-state index in [4.69, 9.17) is 37.7 Å². The molecule has 0 radical (unpaired) electrons. The summed E-state index contributed by atoms with van der Waals surface area (Å²) in [6, 6.07) is 14.1. The molecular weight excluding hydrogens is 629 g/mol. The van der Waals surface area contributed by atoms with Gasteiger partial charge in [-0.15, -0.1) is 0 Å². The van der Waals surface area contributed by atoms with Gasteiger partial charge in [0.25, 0.3) is 0 Å². The first kappa shape index (κ1) is 32.7. The van der Waals surface area contributed by atoms with Crippen LogP contribution in [-0.4, -0.2) is 66.5 Å². The van der Waals surface area contributed by atoms with Gasteiger partial charge in [-0.05, 0) is 43.4 Å². The van der Waals surface area contributed by atoms with Crippen molar-refractivity contribution >= 4 is 58.3 Å². The summed E-state index contributed by atoms with van der Waals surface area (Å²) >= 11 is 13.5. The molecule has 0 atom stereocenters. The first-order valence-corrected chi connectivity index (χ1v) is 15.1. The molecule has 5 rings (SSSR count). The van der Waals surface area contributed by atoms with Gasteiger partial charge in [0.05, 0.1) is 33.0 Å². The van der Waals surface area contributed by atoms with Crippen LogP contribution in [0.4, 0.5) is 28.1 Å². The predicted molar refractivity (Wildman–Crippen MR) is 180 cm³/mol. The highest BCUT2D eigenvalue weighted by Gasteiger charge is 2.37. The molecule has 3 heterocycles. The fourth-order valence-electron chi connectivity index (χ4n) is 4.93. The first-order valence-electron chi connectivity index (χ1n) is 14.3. The van der Waals surface area contributed by atoms with Crippen molar-refractivity contribution in [2.45, 2.75) is 19.5 Å². The van der Waals surface area contributed by atoms with Crippen molar-refractivity contribution in [2.75, 3.05) is 50.0 Å². The van der Waals surface area contributed by atoms with E-state index in [1.807, 2.05) is 55.4 Å². The van der Waals surface area contributed by atoms with Gasteiger partial charge in [-0.25, -0.2) is 14.8 Å². The van der Waals surface area contributed by atoms with E-state index in [-0.39, 0.29) is 47.0 Å². The summed E-state index contributed by atoms with van der Waals surface area (Å²) < 4.78 is 10.9. The van der Waals surface area contributed by atoms with E-state index in [1.165, 1.54) is 24.0 Å². The molecule has 0 aliphatic carbocycles. The number of fused-ring (bicyclic) bond motifs is 1. The molecule has 0 saturated heterocycles. The van der Waals surface area contributed by atoms with Gasteiger partial charge in [-0.3, -0.25) is 14.6 Å². The molecule has 0 saturated carbocycles. The molecule has 238 valence electrons. The monoisotopic (exact) mass is 661 g/mol. The van der Waals surface area contributed by atoms with E-state index < -0.39 is 6.03 Å². The number of hydrogen-bond donors (Lipinski definition) is 1. The number of halogens is 2. The van der Waals surface area contributed by atoms with Crippen LogP contribution in [0.15, 0.2) is 73.1 Å². The smallest absolute Gasteiger partial charge is 0.330 e. The summed E-state index contributed by atoms with van der Waals surface area (Å²) in [6.45, 7) is 0.889. The minimum Gasteiger partial charge on any atom is -0.495 e. The summed E-state index contributed by atoms with van der Waals surface area (Å²) in [5, 5.41) is 3.40. The highest BCUT2D eigenvalue weighted by atomic mass is 35.5. The van der Waals surface area contributed by atoms with Crippen molar-refractivity contribution in [3.63, 3.8) is 0 Å². The number of allylic oxidation sites excluding steroid dienone is 1. The zero-order valence-corrected chi connectivity index (χ0v) is 27.3. The molecule has 46 heavy (non-hydrogen) atoms. The average Bonchev–Trinajstić information content (AvgIpc) is 3.04. The fraction of sp³-hybridized carbons (Fsp3) is 0.242. The van der Waals surface area contributed by atoms with Gasteiger partial charge in [0.2, 0.25) is 5.95 Å². The molecule has 2 aromatic heterocycles. The first-order chi connectivity index (χ1) is 22.2. The molecule has 13 heteroatoms. The van der Waals surface area contributed by atoms with Crippen molar-refractivity contribution in [3.05, 3.63) is 99.8 Å². The zero-order chi connectivity index (χ0) is 32.8. The summed E-state index contributed by atoms with van der Waals surface area (Å²) in [7, 11) is 6.82. The van der Waals surface area contributed by atoms with Crippen LogP contribution in [0.1, 0.15) is 16.7 Å². The summed E-state index contributed by atoms with van der Waals surface area (Å²) in [4.78, 5) is 45.5. The van der Waals surface area contributed by atoms with Crippen LogP contribution in [0.25, 0.3) is 0 Å². The highest BCUT2D eigenvalue weighted by molar-refractivity contribution is 6.42. The third kappa shape index (κ3) is 7.39. The number of pyridine rings is 1. The Morgan fingerprint density at radius 2 is 1.76 bits per heavy atom. The molecule has 1 aliphatic rings. The van der Waals surface area contributed by atoms with E-state index in [0.29, 0.717) is 35.2 Å². The molecule has 0 unspecified atom stereocenters. The van der Waals surface area contributed by atoms with Crippen LogP contribution in [0.5, 0.6) is 11.5 Å². The fourth-order valence-corrected chi connectivity index (χ4v) is 5.64. The van der Waals surface area contributed by atoms with Crippen molar-refractivity contribution in [1.29, 1.82) is 0 Å². The Morgan fingerprint density at radius 1 is 1.02 bits per heavy atom. The number of carbonyl (C=O) groups is 2. The second-order valence-corrected chi connectivity index (χ2v) is 11.5. The van der Waals surface area contributed by atoms with Gasteiger partial charge in [-0.2, -0.15) is 4.98 Å². The number of nitrogens with one attached hydrogen (secondary N) is 1. The van der Waals surface area contributed by atoms with Gasteiger partial charge in [0.1, 0.15) is 33.2 Å². The number of amides is 2. The maximum absolute atomic E-state index is 14.4. The number of anilines is 4. The van der Waals surface area contributed by atoms with Crippen molar-refractivity contribution in [3.8, 4) is 11.5 Å². The topological polar surface area (TPSA) is 113 Å². The third-order valence-corrected chi connectivity index (χ3v) is 7.83. The van der Waals surface area contributed by atoms with Crippen molar-refractivity contribution in [2.24, 2.45) is 0 Å². The highest BCUT2D eigenvalue weighted by Crippen LogP contribution is 2.48. The lowest BCUT2D eigenvalue weighted by Crippen LogP contribution is -2.48. The molecule has 0 bridgehead atoms. The predicted octanol–water partition coefficient (Wildman–Crippen LogP) is 6.32. The maximum Gasteiger partial charge on any atom is 0.330 e. The number of aromatic nitrogens is 3. The molecule has 4 aromatic rings. The Hall–Kier alpha value is -4.71. The Balaban J connectivity index is 1.53. The molecule has 1 aliphatic heterocycles. The number of urea groups is 1. The van der Waals surface area contributed by atoms with Crippen LogP contribution in [-0.2, 0) is 24.3 Å². The van der Waals surface area contributed by atoms with E-state index in [9.17, 15) is 9.59 Å². The zero-order valence-electron chi connectivity index (χ0n) is 25.8. The van der Waals surface area contributed by atoms with Gasteiger partial charge in [-0.1, -0.05) is 59.6 Å². The number of rotatable bonds is 12. The lowest BCUT2D eigenvalue weighted by Gasteiger charge is -2.37. The Labute approximate surface area is 277 Å². The lowest BCUT2D eigenvalue weighted by molar-refractivity contribution is -0.114. The van der Waals surface area contributed by atoms with Gasteiger partial charge >= 0.3 is 6.03 Å². The second-order valence-electron chi connectivity index (χ2n) is 10.7. The minimum atomic E-state index is -0.429. The molecule has 1 N–H and O–H groups in total. The minimum absolute atomic E-state index is 0.0150. The van der Waals surface area contributed by atoms with Crippen molar-refractivity contribution < 1.29 is 19.1 Å². The van der Waals surface area contributed by atoms with Gasteiger partial charge < -0.3 is 19.7 Å². The molecule has 2 amide bonds. The number of nitrogens with zero attached hydrogens (tertiary/aromatic N) is 6. The van der Waals surface area contributed by atoms with Gasteiger partial charge in [0.15, 0.2) is 5.78 Å². The van der Waals surface area contributed by atoms with Crippen LogP contribution < -0.4 is 24.6 Å². The maximum atomic E-state index is 14.4. The number of hydrogen-bond acceptors (Lipinski definition) is 9. The molecular formula is C33H33Cl2N7O4. The number of methoxy groups -OCH3 is 2. The third-order valence-electron chi connectivity index (χ3n) is 7.10. The second kappa shape index (κ2) is 14.6. The summed E-state index contributed by atoms with van der Waals surface area (Å²) in [5.41, 5.74) is 2.50. The molecule has 2 aromatic carbocycles. The lowest BCUT2D eigenvalue weighted by atomic mass is 10.0. The molecule has 0 spiro atoms. The summed E-state index contributed by atoms with van der Waals surface area (Å²) in [5.74, 6) is 1.81. The molecule has 0 fully saturated rings. The largest absolute Gasteiger partial charge is 0.495 e. The summed E-state index contributed by atoms with van der Waals surface area (Å²) in [6.07, 6.45) is 6.96. The normalized spacial score (nSPS) is 12.9. The van der Waals surface area contributed by atoms with Crippen LogP contribution in [0.3, 0.4) is 0 Å². The molecule has 11 nitrogen and oxygen atoms in total. The van der Waals surface area contributed by atoms with Crippen LogP contribution in [0.2, 0.25) is 10.0 Å². The van der Waals surface area contributed by atoms with Crippen LogP contribution >= 0.6 is 23.2 Å². The van der Waals surface area contributed by atoms with E-state index in [2.05, 4.69) is 15.3 Å². The number of ketones is 1. The number of carbonyl (C=O) groups excluding carboxylic acids is 2. The Morgan fingerprint density at radius 3 is 2.43 bits per heavy atom. The van der Waals surface area contributed by atoms with E-state index in [0.717, 1.165) is 11.1 Å². The van der Waals surface area contributed by atoms with Crippen LogP contribution in [0, 0.1) is 0 Å².